The van der Waals surface area contributed by atoms with Crippen LogP contribution < -0.4 is 5.32 Å². The first-order valence-corrected chi connectivity index (χ1v) is 4.81. The molecule has 76 valence electrons. The highest BCUT2D eigenvalue weighted by atomic mass is 16.5. The van der Waals surface area contributed by atoms with Gasteiger partial charge in [0, 0.05) is 13.2 Å². The van der Waals surface area contributed by atoms with Crippen molar-refractivity contribution in [3.8, 4) is 0 Å². The lowest BCUT2D eigenvalue weighted by Crippen LogP contribution is -2.38. The zero-order valence-corrected chi connectivity index (χ0v) is 7.95. The lowest BCUT2D eigenvalue weighted by atomic mass is 10.2. The Labute approximate surface area is 78.3 Å². The lowest BCUT2D eigenvalue weighted by molar-refractivity contribution is -0.130. The van der Waals surface area contributed by atoms with E-state index in [4.69, 9.17) is 4.74 Å². The maximum absolute atomic E-state index is 11.3. The van der Waals surface area contributed by atoms with Crippen molar-refractivity contribution < 1.29 is 14.6 Å². The molecule has 1 amide bonds. The van der Waals surface area contributed by atoms with Crippen molar-refractivity contribution >= 4 is 5.91 Å². The molecule has 1 rings (SSSR count). The number of aliphatic hydroxyl groups excluding tert-OH is 1. The van der Waals surface area contributed by atoms with E-state index in [-0.39, 0.29) is 12.0 Å². The van der Waals surface area contributed by atoms with Gasteiger partial charge in [-0.25, -0.2) is 0 Å². The van der Waals surface area contributed by atoms with E-state index in [1.54, 1.807) is 0 Å². The SMILES string of the molecule is CCC(O)CNC(=O)C1CCCO1. The van der Waals surface area contributed by atoms with Crippen LogP contribution >= 0.6 is 0 Å². The molecule has 0 aromatic carbocycles. The molecule has 0 aromatic rings. The molecule has 0 saturated carbocycles. The zero-order valence-electron chi connectivity index (χ0n) is 7.95. The molecule has 2 unspecified atom stereocenters. The van der Waals surface area contributed by atoms with Crippen LogP contribution in [0.3, 0.4) is 0 Å². The number of hydrogen-bond acceptors (Lipinski definition) is 3. The van der Waals surface area contributed by atoms with Crippen LogP contribution in [0.25, 0.3) is 0 Å². The summed E-state index contributed by atoms with van der Waals surface area (Å²) in [7, 11) is 0. The number of hydrogen-bond donors (Lipinski definition) is 2. The number of carbonyl (C=O) groups excluding carboxylic acids is 1. The second kappa shape index (κ2) is 5.19. The summed E-state index contributed by atoms with van der Waals surface area (Å²) in [6, 6.07) is 0. The van der Waals surface area contributed by atoms with E-state index in [1.807, 2.05) is 6.92 Å². The van der Waals surface area contributed by atoms with Crippen LogP contribution in [-0.4, -0.2) is 36.4 Å². The fraction of sp³-hybridized carbons (Fsp3) is 0.889. The maximum Gasteiger partial charge on any atom is 0.249 e. The summed E-state index contributed by atoms with van der Waals surface area (Å²) >= 11 is 0. The Balaban J connectivity index is 2.16. The zero-order chi connectivity index (χ0) is 9.68. The molecule has 0 aliphatic carbocycles. The third kappa shape index (κ3) is 3.32. The van der Waals surface area contributed by atoms with Crippen LogP contribution in [0, 0.1) is 0 Å². The summed E-state index contributed by atoms with van der Waals surface area (Å²) < 4.78 is 5.19. The molecule has 1 fully saturated rings. The van der Waals surface area contributed by atoms with Crippen LogP contribution in [0.15, 0.2) is 0 Å². The predicted octanol–water partition coefficient (Wildman–Crippen LogP) is 0.0525. The average molecular weight is 187 g/mol. The van der Waals surface area contributed by atoms with Gasteiger partial charge >= 0.3 is 0 Å². The van der Waals surface area contributed by atoms with Crippen LogP contribution in [0.4, 0.5) is 0 Å². The molecular formula is C9H17NO3. The van der Waals surface area contributed by atoms with Crippen molar-refractivity contribution in [3.63, 3.8) is 0 Å². The second-order valence-electron chi connectivity index (χ2n) is 3.31. The van der Waals surface area contributed by atoms with E-state index in [1.165, 1.54) is 0 Å². The molecule has 1 heterocycles. The molecule has 1 saturated heterocycles. The topological polar surface area (TPSA) is 58.6 Å². The van der Waals surface area contributed by atoms with Crippen LogP contribution in [0.2, 0.25) is 0 Å². The van der Waals surface area contributed by atoms with Crippen LogP contribution in [0.1, 0.15) is 26.2 Å². The maximum atomic E-state index is 11.3. The average Bonchev–Trinajstić information content (AvgIpc) is 2.66. The van der Waals surface area contributed by atoms with Crippen molar-refractivity contribution in [1.29, 1.82) is 0 Å². The molecule has 1 aliphatic heterocycles. The predicted molar refractivity (Wildman–Crippen MR) is 48.3 cm³/mol. The highest BCUT2D eigenvalue weighted by Gasteiger charge is 2.23. The van der Waals surface area contributed by atoms with Gasteiger partial charge in [0.15, 0.2) is 0 Å². The second-order valence-corrected chi connectivity index (χ2v) is 3.31. The molecular weight excluding hydrogens is 170 g/mol. The first kappa shape index (κ1) is 10.5. The molecule has 2 N–H and O–H groups in total. The molecule has 0 aromatic heterocycles. The van der Waals surface area contributed by atoms with Crippen LogP contribution in [0.5, 0.6) is 0 Å². The smallest absolute Gasteiger partial charge is 0.249 e. The monoisotopic (exact) mass is 187 g/mol. The number of nitrogens with one attached hydrogen (secondary N) is 1. The Kier molecular flexibility index (Phi) is 4.18. The lowest BCUT2D eigenvalue weighted by Gasteiger charge is -2.12. The molecule has 0 spiro atoms. The van der Waals surface area contributed by atoms with Gasteiger partial charge in [0.05, 0.1) is 6.10 Å². The van der Waals surface area contributed by atoms with E-state index >= 15 is 0 Å². The molecule has 4 nitrogen and oxygen atoms in total. The third-order valence-electron chi connectivity index (χ3n) is 2.21. The number of aliphatic hydroxyl groups is 1. The van der Waals surface area contributed by atoms with Gasteiger partial charge in [-0.15, -0.1) is 0 Å². The highest BCUT2D eigenvalue weighted by molar-refractivity contribution is 5.80. The van der Waals surface area contributed by atoms with Crippen molar-refractivity contribution in [2.75, 3.05) is 13.2 Å². The molecule has 0 bridgehead atoms. The van der Waals surface area contributed by atoms with Gasteiger partial charge in [0.2, 0.25) is 5.91 Å². The minimum absolute atomic E-state index is 0.0926. The quantitative estimate of drug-likeness (QED) is 0.654. The fourth-order valence-corrected chi connectivity index (χ4v) is 1.26. The summed E-state index contributed by atoms with van der Waals surface area (Å²) in [6.07, 6.45) is 1.68. The van der Waals surface area contributed by atoms with E-state index in [9.17, 15) is 9.90 Å². The Hall–Kier alpha value is -0.610. The standard InChI is InChI=1S/C9H17NO3/c1-2-7(11)6-10-9(12)8-4-3-5-13-8/h7-8,11H,2-6H2,1H3,(H,10,12). The van der Waals surface area contributed by atoms with Gasteiger partial charge in [0.1, 0.15) is 6.10 Å². The fourth-order valence-electron chi connectivity index (χ4n) is 1.26. The minimum Gasteiger partial charge on any atom is -0.391 e. The Morgan fingerprint density at radius 2 is 2.54 bits per heavy atom. The Morgan fingerprint density at radius 1 is 1.77 bits per heavy atom. The number of ether oxygens (including phenoxy) is 1. The normalized spacial score (nSPS) is 24.3. The van der Waals surface area contributed by atoms with Gasteiger partial charge in [-0.05, 0) is 19.3 Å². The summed E-state index contributed by atoms with van der Waals surface area (Å²) in [5.41, 5.74) is 0. The largest absolute Gasteiger partial charge is 0.391 e. The summed E-state index contributed by atoms with van der Waals surface area (Å²) in [6.45, 7) is 2.88. The van der Waals surface area contributed by atoms with Gasteiger partial charge in [-0.2, -0.15) is 0 Å². The Morgan fingerprint density at radius 3 is 3.08 bits per heavy atom. The molecule has 4 heteroatoms. The van der Waals surface area contributed by atoms with Crippen LogP contribution in [-0.2, 0) is 9.53 Å². The molecule has 13 heavy (non-hydrogen) atoms. The van der Waals surface area contributed by atoms with E-state index in [2.05, 4.69) is 5.32 Å². The minimum atomic E-state index is -0.439. The summed E-state index contributed by atoms with van der Waals surface area (Å²) in [4.78, 5) is 11.3. The molecule has 2 atom stereocenters. The van der Waals surface area contributed by atoms with Gasteiger partial charge < -0.3 is 15.2 Å². The highest BCUT2D eigenvalue weighted by Crippen LogP contribution is 2.11. The van der Waals surface area contributed by atoms with Crippen molar-refractivity contribution in [3.05, 3.63) is 0 Å². The van der Waals surface area contributed by atoms with E-state index in [0.29, 0.717) is 19.6 Å². The van der Waals surface area contributed by atoms with Gasteiger partial charge in [-0.3, -0.25) is 4.79 Å². The van der Waals surface area contributed by atoms with Crippen molar-refractivity contribution in [1.82, 2.24) is 5.32 Å². The summed E-state index contributed by atoms with van der Waals surface area (Å²) in [5, 5.41) is 11.9. The van der Waals surface area contributed by atoms with Gasteiger partial charge in [-0.1, -0.05) is 6.92 Å². The summed E-state index contributed by atoms with van der Waals surface area (Å²) in [5.74, 6) is -0.0926. The first-order valence-electron chi connectivity index (χ1n) is 4.81. The number of rotatable bonds is 4. The first-order chi connectivity index (χ1) is 6.24. The number of carbonyl (C=O) groups is 1. The van der Waals surface area contributed by atoms with Gasteiger partial charge in [0.25, 0.3) is 0 Å². The number of amides is 1. The third-order valence-corrected chi connectivity index (χ3v) is 2.21. The molecule has 0 radical (unpaired) electrons. The molecule has 1 aliphatic rings. The van der Waals surface area contributed by atoms with E-state index in [0.717, 1.165) is 12.8 Å². The van der Waals surface area contributed by atoms with Crippen molar-refractivity contribution in [2.24, 2.45) is 0 Å². The Bertz CT molecular complexity index is 166. The van der Waals surface area contributed by atoms with E-state index < -0.39 is 6.10 Å². The van der Waals surface area contributed by atoms with Crippen molar-refractivity contribution in [2.45, 2.75) is 38.4 Å².